The Balaban J connectivity index is 2.51. The van der Waals surface area contributed by atoms with Gasteiger partial charge in [0.1, 0.15) is 6.04 Å². The minimum absolute atomic E-state index is 0.0264. The molecule has 0 amide bonds. The molecule has 0 aromatic carbocycles. The highest BCUT2D eigenvalue weighted by Crippen LogP contribution is 2.30. The molecule has 92 valence electrons. The van der Waals surface area contributed by atoms with E-state index < -0.39 is 0 Å². The number of thiophene rings is 1. The highest BCUT2D eigenvalue weighted by Gasteiger charge is 2.23. The average Bonchev–Trinajstić information content (AvgIpc) is 2.85. The molecule has 0 bridgehead atoms. The van der Waals surface area contributed by atoms with Crippen molar-refractivity contribution in [1.82, 2.24) is 9.78 Å². The molecule has 0 spiro atoms. The molecule has 0 fully saturated rings. The second-order valence-electron chi connectivity index (χ2n) is 4.25. The monoisotopic (exact) mass is 313 g/mol. The summed E-state index contributed by atoms with van der Waals surface area (Å²) in [4.78, 5) is 1.25. The quantitative estimate of drug-likeness (QED) is 0.945. The van der Waals surface area contributed by atoms with Crippen LogP contribution in [0.5, 0.6) is 0 Å². The van der Waals surface area contributed by atoms with Crippen molar-refractivity contribution < 1.29 is 0 Å². The molecular weight excluding hydrogens is 298 g/mol. The van der Waals surface area contributed by atoms with Crippen molar-refractivity contribution >= 4 is 27.3 Å². The number of rotatable bonds is 3. The highest BCUT2D eigenvalue weighted by atomic mass is 79.9. The summed E-state index contributed by atoms with van der Waals surface area (Å²) in [5.74, 6) is 0. The summed E-state index contributed by atoms with van der Waals surface area (Å²) >= 11 is 5.28. The van der Waals surface area contributed by atoms with E-state index in [1.807, 2.05) is 18.5 Å². The third-order valence-corrected chi connectivity index (χ3v) is 4.92. The molecule has 2 aromatic rings. The lowest BCUT2D eigenvalue weighted by molar-refractivity contribution is 0.449. The van der Waals surface area contributed by atoms with E-state index >= 15 is 0 Å². The van der Waals surface area contributed by atoms with E-state index in [-0.39, 0.29) is 12.1 Å². The Labute approximate surface area is 114 Å². The van der Waals surface area contributed by atoms with E-state index in [9.17, 15) is 0 Å². The van der Waals surface area contributed by atoms with Crippen LogP contribution in [-0.2, 0) is 0 Å². The van der Waals surface area contributed by atoms with Crippen LogP contribution in [0, 0.1) is 13.8 Å². The maximum absolute atomic E-state index is 6.12. The Morgan fingerprint density at radius 3 is 2.59 bits per heavy atom. The molecule has 2 heterocycles. The van der Waals surface area contributed by atoms with Gasteiger partial charge in [-0.1, -0.05) is 6.07 Å². The summed E-state index contributed by atoms with van der Waals surface area (Å²) in [6.45, 7) is 6.09. The zero-order valence-corrected chi connectivity index (χ0v) is 12.5. The number of nitrogens with zero attached hydrogens (tertiary/aromatic N) is 2. The van der Waals surface area contributed by atoms with Gasteiger partial charge in [-0.3, -0.25) is 4.68 Å². The number of hydrogen-bond donors (Lipinski definition) is 1. The van der Waals surface area contributed by atoms with E-state index in [1.54, 1.807) is 11.3 Å². The van der Waals surface area contributed by atoms with Crippen molar-refractivity contribution in [1.29, 1.82) is 0 Å². The first-order valence-corrected chi connectivity index (χ1v) is 7.19. The molecule has 2 N–H and O–H groups in total. The van der Waals surface area contributed by atoms with Crippen LogP contribution in [0.1, 0.15) is 29.2 Å². The molecule has 0 aliphatic heterocycles. The van der Waals surface area contributed by atoms with Crippen molar-refractivity contribution in [3.63, 3.8) is 0 Å². The summed E-state index contributed by atoms with van der Waals surface area (Å²) in [6, 6.07) is 4.30. The fraction of sp³-hybridized carbons (Fsp3) is 0.417. The molecule has 0 saturated heterocycles. The molecule has 0 aliphatic carbocycles. The molecule has 2 aromatic heterocycles. The molecule has 5 heteroatoms. The van der Waals surface area contributed by atoms with Crippen molar-refractivity contribution in [2.45, 2.75) is 32.9 Å². The molecule has 2 atom stereocenters. The highest BCUT2D eigenvalue weighted by molar-refractivity contribution is 9.10. The standard InChI is InChI=1S/C12H16BrN3S/c1-7(14)12(10-5-4-6-17-10)16-9(3)11(13)8(2)15-16/h4-7,12H,14H2,1-3H3. The lowest BCUT2D eigenvalue weighted by Gasteiger charge is -2.21. The Bertz CT molecular complexity index is 502. The summed E-state index contributed by atoms with van der Waals surface area (Å²) in [7, 11) is 0. The summed E-state index contributed by atoms with van der Waals surface area (Å²) in [5, 5.41) is 6.66. The fourth-order valence-corrected chi connectivity index (χ4v) is 3.16. The minimum atomic E-state index is 0.0264. The predicted octanol–water partition coefficient (Wildman–Crippen LogP) is 3.26. The van der Waals surface area contributed by atoms with Gasteiger partial charge in [0.2, 0.25) is 0 Å². The molecular formula is C12H16BrN3S. The van der Waals surface area contributed by atoms with Gasteiger partial charge in [-0.25, -0.2) is 0 Å². The van der Waals surface area contributed by atoms with Crippen LogP contribution >= 0.6 is 27.3 Å². The van der Waals surface area contributed by atoms with E-state index in [2.05, 4.69) is 45.5 Å². The van der Waals surface area contributed by atoms with Gasteiger partial charge in [-0.05, 0) is 48.1 Å². The average molecular weight is 314 g/mol. The smallest absolute Gasteiger partial charge is 0.101 e. The van der Waals surface area contributed by atoms with E-state index in [1.165, 1.54) is 4.88 Å². The van der Waals surface area contributed by atoms with Crippen LogP contribution in [0.2, 0.25) is 0 Å². The maximum atomic E-state index is 6.12. The first kappa shape index (κ1) is 12.8. The van der Waals surface area contributed by atoms with Crippen molar-refractivity contribution in [2.24, 2.45) is 5.73 Å². The molecule has 0 aliphatic rings. The normalized spacial score (nSPS) is 14.9. The Morgan fingerprint density at radius 2 is 2.18 bits per heavy atom. The maximum Gasteiger partial charge on any atom is 0.101 e. The Morgan fingerprint density at radius 1 is 1.47 bits per heavy atom. The lowest BCUT2D eigenvalue weighted by Crippen LogP contribution is -2.31. The zero-order valence-electron chi connectivity index (χ0n) is 10.1. The number of aryl methyl sites for hydroxylation is 1. The molecule has 3 nitrogen and oxygen atoms in total. The van der Waals surface area contributed by atoms with Crippen molar-refractivity contribution in [3.05, 3.63) is 38.3 Å². The van der Waals surface area contributed by atoms with Gasteiger partial charge < -0.3 is 5.73 Å². The molecule has 2 rings (SSSR count). The van der Waals surface area contributed by atoms with Crippen LogP contribution in [0.15, 0.2) is 22.0 Å². The number of aromatic nitrogens is 2. The van der Waals surface area contributed by atoms with Gasteiger partial charge in [0.05, 0.1) is 15.9 Å². The topological polar surface area (TPSA) is 43.8 Å². The minimum Gasteiger partial charge on any atom is -0.326 e. The van der Waals surface area contributed by atoms with Crippen LogP contribution in [-0.4, -0.2) is 15.8 Å². The lowest BCUT2D eigenvalue weighted by atomic mass is 10.1. The number of hydrogen-bond acceptors (Lipinski definition) is 3. The van der Waals surface area contributed by atoms with E-state index in [4.69, 9.17) is 5.73 Å². The van der Waals surface area contributed by atoms with Gasteiger partial charge >= 0.3 is 0 Å². The second-order valence-corrected chi connectivity index (χ2v) is 6.02. The SMILES string of the molecule is Cc1nn(C(c2cccs2)C(C)N)c(C)c1Br. The van der Waals surface area contributed by atoms with E-state index in [0.717, 1.165) is 15.9 Å². The summed E-state index contributed by atoms with van der Waals surface area (Å²) in [5.41, 5.74) is 8.25. The number of nitrogens with two attached hydrogens (primary N) is 1. The van der Waals surface area contributed by atoms with Crippen LogP contribution in [0.4, 0.5) is 0 Å². The first-order valence-electron chi connectivity index (χ1n) is 5.52. The Kier molecular flexibility index (Phi) is 3.70. The van der Waals surface area contributed by atoms with E-state index in [0.29, 0.717) is 0 Å². The van der Waals surface area contributed by atoms with Crippen LogP contribution in [0.25, 0.3) is 0 Å². The molecule has 2 unspecified atom stereocenters. The van der Waals surface area contributed by atoms with Crippen molar-refractivity contribution in [3.8, 4) is 0 Å². The summed E-state index contributed by atoms with van der Waals surface area (Å²) in [6.07, 6.45) is 0. The first-order chi connectivity index (χ1) is 8.02. The van der Waals surface area contributed by atoms with Gasteiger partial charge in [0.25, 0.3) is 0 Å². The fourth-order valence-electron chi connectivity index (χ4n) is 1.98. The largest absolute Gasteiger partial charge is 0.326 e. The van der Waals surface area contributed by atoms with Gasteiger partial charge in [-0.2, -0.15) is 5.10 Å². The van der Waals surface area contributed by atoms with Gasteiger partial charge in [-0.15, -0.1) is 11.3 Å². The van der Waals surface area contributed by atoms with Crippen LogP contribution in [0.3, 0.4) is 0 Å². The van der Waals surface area contributed by atoms with Gasteiger partial charge in [0.15, 0.2) is 0 Å². The molecule has 0 radical (unpaired) electrons. The second kappa shape index (κ2) is 4.92. The third kappa shape index (κ3) is 2.32. The van der Waals surface area contributed by atoms with Gasteiger partial charge in [0, 0.05) is 10.9 Å². The molecule has 17 heavy (non-hydrogen) atoms. The van der Waals surface area contributed by atoms with Crippen molar-refractivity contribution in [2.75, 3.05) is 0 Å². The summed E-state index contributed by atoms with van der Waals surface area (Å²) < 4.78 is 3.09. The zero-order chi connectivity index (χ0) is 12.6. The third-order valence-electron chi connectivity index (χ3n) is 2.83. The Hall–Kier alpha value is -0.650. The molecule has 0 saturated carbocycles. The number of halogens is 1. The van der Waals surface area contributed by atoms with Crippen LogP contribution < -0.4 is 5.73 Å². The predicted molar refractivity (Wildman–Crippen MR) is 75.5 cm³/mol.